The molecule has 6 heteroatoms. The highest BCUT2D eigenvalue weighted by molar-refractivity contribution is 7.90. The summed E-state index contributed by atoms with van der Waals surface area (Å²) < 4.78 is 31.1. The van der Waals surface area contributed by atoms with Gasteiger partial charge in [-0.1, -0.05) is 0 Å². The summed E-state index contributed by atoms with van der Waals surface area (Å²) in [6.07, 6.45) is -0.220. The molecule has 0 aliphatic carbocycles. The van der Waals surface area contributed by atoms with Gasteiger partial charge in [-0.3, -0.25) is 0 Å². The number of sulfonamides is 1. The molecule has 0 amide bonds. The van der Waals surface area contributed by atoms with Gasteiger partial charge < -0.3 is 4.74 Å². The van der Waals surface area contributed by atoms with Gasteiger partial charge in [0.25, 0.3) is 0 Å². The number of aryl methyl sites for hydroxylation is 1. The Labute approximate surface area is 107 Å². The molecule has 0 spiro atoms. The van der Waals surface area contributed by atoms with Crippen molar-refractivity contribution in [2.45, 2.75) is 32.1 Å². The first-order chi connectivity index (χ1) is 7.86. The van der Waals surface area contributed by atoms with Crippen LogP contribution in [0.3, 0.4) is 0 Å². The van der Waals surface area contributed by atoms with Crippen LogP contribution in [0.25, 0.3) is 0 Å². The molecule has 0 aromatic carbocycles. The molecular weight excluding hydrogens is 258 g/mol. The van der Waals surface area contributed by atoms with Crippen molar-refractivity contribution in [3.05, 3.63) is 21.9 Å². The monoisotopic (exact) mass is 277 g/mol. The molecule has 1 rings (SSSR count). The second kappa shape index (κ2) is 5.95. The largest absolute Gasteiger partial charge is 0.375 e. The van der Waals surface area contributed by atoms with Gasteiger partial charge in [-0.25, -0.2) is 13.1 Å². The molecule has 17 heavy (non-hydrogen) atoms. The fourth-order valence-electron chi connectivity index (χ4n) is 1.29. The lowest BCUT2D eigenvalue weighted by Crippen LogP contribution is -2.34. The first-order valence-electron chi connectivity index (χ1n) is 5.44. The van der Waals surface area contributed by atoms with Crippen molar-refractivity contribution in [2.75, 3.05) is 13.7 Å². The Morgan fingerprint density at radius 3 is 2.47 bits per heavy atom. The van der Waals surface area contributed by atoms with E-state index < -0.39 is 15.3 Å². The topological polar surface area (TPSA) is 55.4 Å². The molecule has 1 aromatic heterocycles. The van der Waals surface area contributed by atoms with E-state index in [9.17, 15) is 8.42 Å². The summed E-state index contributed by atoms with van der Waals surface area (Å²) in [6, 6.07) is 3.97. The van der Waals surface area contributed by atoms with Gasteiger partial charge in [0.15, 0.2) is 0 Å². The average molecular weight is 277 g/mol. The first-order valence-corrected chi connectivity index (χ1v) is 7.80. The van der Waals surface area contributed by atoms with E-state index >= 15 is 0 Å². The second-order valence-corrected chi connectivity index (χ2v) is 7.76. The number of hydrogen-bond acceptors (Lipinski definition) is 4. The van der Waals surface area contributed by atoms with Gasteiger partial charge in [0.2, 0.25) is 10.0 Å². The van der Waals surface area contributed by atoms with Crippen LogP contribution >= 0.6 is 11.3 Å². The molecule has 0 bridgehead atoms. The zero-order valence-corrected chi connectivity index (χ0v) is 12.2. The van der Waals surface area contributed by atoms with Crippen LogP contribution in [0.5, 0.6) is 0 Å². The molecular formula is C11H19NO3S2. The summed E-state index contributed by atoms with van der Waals surface area (Å²) in [6.45, 7) is 5.59. The van der Waals surface area contributed by atoms with Crippen molar-refractivity contribution in [2.24, 2.45) is 0 Å². The van der Waals surface area contributed by atoms with E-state index in [2.05, 4.69) is 4.72 Å². The highest BCUT2D eigenvalue weighted by atomic mass is 32.2. The van der Waals surface area contributed by atoms with Crippen LogP contribution in [-0.2, 0) is 14.8 Å². The van der Waals surface area contributed by atoms with E-state index in [1.807, 2.05) is 19.1 Å². The Morgan fingerprint density at radius 1 is 1.41 bits per heavy atom. The molecule has 1 N–H and O–H groups in total. The van der Waals surface area contributed by atoms with Crippen LogP contribution in [0.1, 0.15) is 29.7 Å². The van der Waals surface area contributed by atoms with E-state index in [4.69, 9.17) is 4.74 Å². The summed E-state index contributed by atoms with van der Waals surface area (Å²) >= 11 is 1.62. The summed E-state index contributed by atoms with van der Waals surface area (Å²) in [4.78, 5) is 2.23. The van der Waals surface area contributed by atoms with E-state index in [0.29, 0.717) is 0 Å². The van der Waals surface area contributed by atoms with Crippen LogP contribution in [0, 0.1) is 6.92 Å². The zero-order valence-electron chi connectivity index (χ0n) is 10.6. The Kier molecular flexibility index (Phi) is 5.12. The summed E-state index contributed by atoms with van der Waals surface area (Å²) in [5, 5.41) is -0.426. The maximum atomic E-state index is 11.6. The van der Waals surface area contributed by atoms with Crippen LogP contribution in [-0.4, -0.2) is 27.3 Å². The van der Waals surface area contributed by atoms with E-state index in [-0.39, 0.29) is 12.6 Å². The molecule has 0 saturated carbocycles. The number of hydrogen-bond donors (Lipinski definition) is 1. The van der Waals surface area contributed by atoms with E-state index in [1.165, 1.54) is 4.88 Å². The Bertz CT molecular complexity index is 451. The van der Waals surface area contributed by atoms with Crippen molar-refractivity contribution >= 4 is 21.4 Å². The van der Waals surface area contributed by atoms with Gasteiger partial charge in [-0.05, 0) is 32.9 Å². The number of methoxy groups -OCH3 is 1. The normalized spacial score (nSPS) is 14.2. The highest BCUT2D eigenvalue weighted by Crippen LogP contribution is 2.24. The maximum absolute atomic E-state index is 11.6. The predicted octanol–water partition coefficient (Wildman–Crippen LogP) is 2.07. The van der Waals surface area contributed by atoms with Gasteiger partial charge >= 0.3 is 0 Å². The third-order valence-corrected chi connectivity index (χ3v) is 5.36. The fourth-order valence-corrected chi connectivity index (χ4v) is 2.96. The molecule has 1 unspecified atom stereocenters. The lowest BCUT2D eigenvalue weighted by molar-refractivity contribution is 0.110. The van der Waals surface area contributed by atoms with Crippen LogP contribution in [0.2, 0.25) is 0 Å². The van der Waals surface area contributed by atoms with Crippen LogP contribution < -0.4 is 4.72 Å². The Morgan fingerprint density at radius 2 is 2.06 bits per heavy atom. The molecule has 1 heterocycles. The number of thiophene rings is 1. The minimum atomic E-state index is -3.23. The van der Waals surface area contributed by atoms with Crippen molar-refractivity contribution in [1.82, 2.24) is 4.72 Å². The predicted molar refractivity (Wildman–Crippen MR) is 70.9 cm³/mol. The first kappa shape index (κ1) is 14.6. The number of ether oxygens (including phenoxy) is 1. The molecule has 1 aromatic rings. The third kappa shape index (κ3) is 4.06. The van der Waals surface area contributed by atoms with Gasteiger partial charge in [0.1, 0.15) is 6.10 Å². The summed E-state index contributed by atoms with van der Waals surface area (Å²) in [7, 11) is -1.64. The quantitative estimate of drug-likeness (QED) is 0.866. The maximum Gasteiger partial charge on any atom is 0.214 e. The molecule has 0 saturated heterocycles. The Hall–Kier alpha value is -0.430. The fraction of sp³-hybridized carbons (Fsp3) is 0.636. The second-order valence-electron chi connectivity index (χ2n) is 4.11. The van der Waals surface area contributed by atoms with E-state index in [1.54, 1.807) is 32.3 Å². The molecule has 0 radical (unpaired) electrons. The van der Waals surface area contributed by atoms with Crippen molar-refractivity contribution in [3.63, 3.8) is 0 Å². The minimum Gasteiger partial charge on any atom is -0.375 e. The number of rotatable bonds is 6. The highest BCUT2D eigenvalue weighted by Gasteiger charge is 2.19. The average Bonchev–Trinajstić information content (AvgIpc) is 2.65. The molecule has 98 valence electrons. The molecule has 0 fully saturated rings. The molecule has 0 aliphatic heterocycles. The van der Waals surface area contributed by atoms with Gasteiger partial charge in [0.05, 0.1) is 5.25 Å². The SMILES string of the molecule is COC(CNS(=O)(=O)C(C)C)c1ccc(C)s1. The summed E-state index contributed by atoms with van der Waals surface area (Å²) in [5.74, 6) is 0. The van der Waals surface area contributed by atoms with Gasteiger partial charge in [0, 0.05) is 23.4 Å². The van der Waals surface area contributed by atoms with E-state index in [0.717, 1.165) is 4.88 Å². The lowest BCUT2D eigenvalue weighted by Gasteiger charge is -2.16. The molecule has 0 aliphatic rings. The molecule has 1 atom stereocenters. The minimum absolute atomic E-state index is 0.220. The Balaban J connectivity index is 2.66. The third-order valence-electron chi connectivity index (χ3n) is 2.45. The van der Waals surface area contributed by atoms with Crippen LogP contribution in [0.4, 0.5) is 0 Å². The van der Waals surface area contributed by atoms with Crippen molar-refractivity contribution in [3.8, 4) is 0 Å². The van der Waals surface area contributed by atoms with Crippen LogP contribution in [0.15, 0.2) is 12.1 Å². The van der Waals surface area contributed by atoms with Crippen molar-refractivity contribution in [1.29, 1.82) is 0 Å². The van der Waals surface area contributed by atoms with Gasteiger partial charge in [-0.2, -0.15) is 0 Å². The van der Waals surface area contributed by atoms with Gasteiger partial charge in [-0.15, -0.1) is 11.3 Å². The molecule has 4 nitrogen and oxygen atoms in total. The number of nitrogens with one attached hydrogen (secondary N) is 1. The smallest absolute Gasteiger partial charge is 0.214 e. The van der Waals surface area contributed by atoms with Crippen molar-refractivity contribution < 1.29 is 13.2 Å². The zero-order chi connectivity index (χ0) is 13.1. The standard InChI is InChI=1S/C11H19NO3S2/c1-8(2)17(13,14)12-7-10(15-4)11-6-5-9(3)16-11/h5-6,8,10,12H,7H2,1-4H3. The summed E-state index contributed by atoms with van der Waals surface area (Å²) in [5.41, 5.74) is 0. The lowest BCUT2D eigenvalue weighted by atomic mass is 10.3.